The van der Waals surface area contributed by atoms with Gasteiger partial charge in [0.2, 0.25) is 12.7 Å². The number of aromatic amines is 1. The van der Waals surface area contributed by atoms with Gasteiger partial charge in [-0.2, -0.15) is 0 Å². The molecule has 1 fully saturated rings. The lowest BCUT2D eigenvalue weighted by Gasteiger charge is -2.09. The van der Waals surface area contributed by atoms with Gasteiger partial charge in [-0.05, 0) is 12.8 Å². The Kier molecular flexibility index (Phi) is 2.12. The summed E-state index contributed by atoms with van der Waals surface area (Å²) in [5.74, 6) is 2.42. The summed E-state index contributed by atoms with van der Waals surface area (Å²) in [5, 5.41) is 3.46. The zero-order chi connectivity index (χ0) is 11.9. The number of fused-ring (bicyclic) bond motifs is 2. The van der Waals surface area contributed by atoms with Crippen molar-refractivity contribution in [3.05, 3.63) is 12.1 Å². The van der Waals surface area contributed by atoms with E-state index in [-0.39, 0.29) is 0 Å². The molecule has 2 heterocycles. The van der Waals surface area contributed by atoms with Crippen molar-refractivity contribution in [2.45, 2.75) is 31.7 Å². The highest BCUT2D eigenvalue weighted by molar-refractivity contribution is 5.82. The SMILES string of the molecule is c1c2c(cc3[nH]c(NC4CCCC4)nc13)OCO2. The molecule has 0 saturated heterocycles. The van der Waals surface area contributed by atoms with E-state index in [1.165, 1.54) is 25.7 Å². The summed E-state index contributed by atoms with van der Waals surface area (Å²) in [6.45, 7) is 0.301. The highest BCUT2D eigenvalue weighted by atomic mass is 16.7. The molecule has 0 atom stereocenters. The van der Waals surface area contributed by atoms with E-state index in [2.05, 4.69) is 15.3 Å². The Morgan fingerprint density at radius 3 is 2.78 bits per heavy atom. The first-order valence-electron chi connectivity index (χ1n) is 6.44. The standard InChI is InChI=1S/C13H15N3O2/c1-2-4-8(3-1)14-13-15-9-5-11-12(18-7-17-11)6-10(9)16-13/h5-6,8H,1-4,7H2,(H2,14,15,16). The summed E-state index contributed by atoms with van der Waals surface area (Å²) in [4.78, 5) is 7.85. The highest BCUT2D eigenvalue weighted by Gasteiger charge is 2.18. The Labute approximate surface area is 104 Å². The topological polar surface area (TPSA) is 59.2 Å². The number of ether oxygens (including phenoxy) is 2. The van der Waals surface area contributed by atoms with Crippen LogP contribution in [0.1, 0.15) is 25.7 Å². The molecule has 5 heteroatoms. The summed E-state index contributed by atoms with van der Waals surface area (Å²) in [5.41, 5.74) is 1.90. The van der Waals surface area contributed by atoms with E-state index < -0.39 is 0 Å². The fourth-order valence-corrected chi connectivity index (χ4v) is 2.73. The van der Waals surface area contributed by atoms with E-state index >= 15 is 0 Å². The third-order valence-electron chi connectivity index (χ3n) is 3.67. The van der Waals surface area contributed by atoms with Gasteiger partial charge in [-0.15, -0.1) is 0 Å². The maximum Gasteiger partial charge on any atom is 0.231 e. The molecule has 0 unspecified atom stereocenters. The lowest BCUT2D eigenvalue weighted by atomic mass is 10.3. The average molecular weight is 245 g/mol. The first kappa shape index (κ1) is 10.1. The van der Waals surface area contributed by atoms with Crippen LogP contribution in [0.15, 0.2) is 12.1 Å². The molecule has 1 aromatic heterocycles. The number of anilines is 1. The van der Waals surface area contributed by atoms with Crippen LogP contribution in [0, 0.1) is 0 Å². The van der Waals surface area contributed by atoms with E-state index in [4.69, 9.17) is 9.47 Å². The van der Waals surface area contributed by atoms with Crippen LogP contribution in [-0.4, -0.2) is 22.8 Å². The molecule has 5 nitrogen and oxygen atoms in total. The number of hydrogen-bond acceptors (Lipinski definition) is 4. The van der Waals surface area contributed by atoms with Crippen LogP contribution in [0.2, 0.25) is 0 Å². The van der Waals surface area contributed by atoms with Crippen LogP contribution in [-0.2, 0) is 0 Å². The summed E-state index contributed by atoms with van der Waals surface area (Å²) in [7, 11) is 0. The molecule has 18 heavy (non-hydrogen) atoms. The van der Waals surface area contributed by atoms with Gasteiger partial charge in [0.1, 0.15) is 0 Å². The fourth-order valence-electron chi connectivity index (χ4n) is 2.73. The molecule has 2 aromatic rings. The van der Waals surface area contributed by atoms with Gasteiger partial charge in [0, 0.05) is 18.2 Å². The van der Waals surface area contributed by atoms with Crippen LogP contribution in [0.3, 0.4) is 0 Å². The van der Waals surface area contributed by atoms with Gasteiger partial charge in [-0.3, -0.25) is 0 Å². The Hall–Kier alpha value is -1.91. The number of nitrogens with one attached hydrogen (secondary N) is 2. The molecule has 1 aliphatic heterocycles. The number of H-pyrrole nitrogens is 1. The monoisotopic (exact) mass is 245 g/mol. The normalized spacial score (nSPS) is 18.7. The number of imidazole rings is 1. The lowest BCUT2D eigenvalue weighted by molar-refractivity contribution is 0.174. The fraction of sp³-hybridized carbons (Fsp3) is 0.462. The van der Waals surface area contributed by atoms with Crippen molar-refractivity contribution in [1.29, 1.82) is 0 Å². The molecule has 0 spiro atoms. The van der Waals surface area contributed by atoms with Crippen LogP contribution in [0.4, 0.5) is 5.95 Å². The van der Waals surface area contributed by atoms with Crippen LogP contribution in [0.25, 0.3) is 11.0 Å². The van der Waals surface area contributed by atoms with Crippen LogP contribution >= 0.6 is 0 Å². The third kappa shape index (κ3) is 1.58. The minimum atomic E-state index is 0.301. The third-order valence-corrected chi connectivity index (χ3v) is 3.67. The van der Waals surface area contributed by atoms with Gasteiger partial charge in [0.25, 0.3) is 0 Å². The van der Waals surface area contributed by atoms with Crippen molar-refractivity contribution in [3.63, 3.8) is 0 Å². The van der Waals surface area contributed by atoms with Gasteiger partial charge in [-0.1, -0.05) is 12.8 Å². The first-order chi connectivity index (χ1) is 8.88. The van der Waals surface area contributed by atoms with E-state index in [9.17, 15) is 0 Å². The van der Waals surface area contributed by atoms with Crippen molar-refractivity contribution < 1.29 is 9.47 Å². The van der Waals surface area contributed by atoms with Crippen LogP contribution < -0.4 is 14.8 Å². The van der Waals surface area contributed by atoms with Crippen LogP contribution in [0.5, 0.6) is 11.5 Å². The zero-order valence-corrected chi connectivity index (χ0v) is 10.0. The van der Waals surface area contributed by atoms with Crippen molar-refractivity contribution in [2.24, 2.45) is 0 Å². The lowest BCUT2D eigenvalue weighted by Crippen LogP contribution is -2.15. The second-order valence-electron chi connectivity index (χ2n) is 4.93. The van der Waals surface area contributed by atoms with Gasteiger partial charge in [0.15, 0.2) is 11.5 Å². The quantitative estimate of drug-likeness (QED) is 0.854. The summed E-state index contributed by atoms with van der Waals surface area (Å²) < 4.78 is 10.7. The largest absolute Gasteiger partial charge is 0.454 e. The molecule has 1 aromatic carbocycles. The van der Waals surface area contributed by atoms with Crippen molar-refractivity contribution in [1.82, 2.24) is 9.97 Å². The van der Waals surface area contributed by atoms with Crippen molar-refractivity contribution in [2.75, 3.05) is 12.1 Å². The van der Waals surface area contributed by atoms with Gasteiger partial charge >= 0.3 is 0 Å². The van der Waals surface area contributed by atoms with Crippen molar-refractivity contribution >= 4 is 17.0 Å². The molecule has 1 aliphatic carbocycles. The zero-order valence-electron chi connectivity index (χ0n) is 10.0. The highest BCUT2D eigenvalue weighted by Crippen LogP contribution is 2.35. The predicted molar refractivity (Wildman–Crippen MR) is 68.1 cm³/mol. The Balaban J connectivity index is 1.66. The number of aromatic nitrogens is 2. The molecular formula is C13H15N3O2. The molecular weight excluding hydrogens is 230 g/mol. The molecule has 4 rings (SSSR count). The first-order valence-corrected chi connectivity index (χ1v) is 6.44. The van der Waals surface area contributed by atoms with E-state index in [0.29, 0.717) is 12.8 Å². The minimum Gasteiger partial charge on any atom is -0.454 e. The van der Waals surface area contributed by atoms with Gasteiger partial charge < -0.3 is 19.8 Å². The van der Waals surface area contributed by atoms with E-state index in [1.807, 2.05) is 12.1 Å². The predicted octanol–water partition coefficient (Wildman–Crippen LogP) is 2.65. The molecule has 1 saturated carbocycles. The maximum absolute atomic E-state index is 5.36. The maximum atomic E-state index is 5.36. The molecule has 0 radical (unpaired) electrons. The average Bonchev–Trinajstić information content (AvgIpc) is 3.04. The second kappa shape index (κ2) is 3.80. The van der Waals surface area contributed by atoms with Crippen molar-refractivity contribution in [3.8, 4) is 11.5 Å². The molecule has 94 valence electrons. The van der Waals surface area contributed by atoms with Gasteiger partial charge in [-0.25, -0.2) is 4.98 Å². The number of hydrogen-bond donors (Lipinski definition) is 2. The molecule has 0 amide bonds. The Bertz CT molecular complexity index is 546. The molecule has 2 N–H and O–H groups in total. The smallest absolute Gasteiger partial charge is 0.231 e. The number of nitrogens with zero attached hydrogens (tertiary/aromatic N) is 1. The summed E-state index contributed by atoms with van der Waals surface area (Å²) >= 11 is 0. The van der Waals surface area contributed by atoms with E-state index in [1.54, 1.807) is 0 Å². The summed E-state index contributed by atoms with van der Waals surface area (Å²) in [6, 6.07) is 4.43. The number of benzene rings is 1. The molecule has 0 bridgehead atoms. The Morgan fingerprint density at radius 2 is 1.94 bits per heavy atom. The summed E-state index contributed by atoms with van der Waals surface area (Å²) in [6.07, 6.45) is 5.10. The van der Waals surface area contributed by atoms with Gasteiger partial charge in [0.05, 0.1) is 11.0 Å². The minimum absolute atomic E-state index is 0.301. The second-order valence-corrected chi connectivity index (χ2v) is 4.93. The van der Waals surface area contributed by atoms with E-state index in [0.717, 1.165) is 28.5 Å². The molecule has 2 aliphatic rings. The Morgan fingerprint density at radius 1 is 1.17 bits per heavy atom. The number of rotatable bonds is 2.